The van der Waals surface area contributed by atoms with Gasteiger partial charge in [0.2, 0.25) is 5.91 Å². The normalized spacial score (nSPS) is 37.4. The molecule has 4 aliphatic rings. The molecule has 3 atom stereocenters. The van der Waals surface area contributed by atoms with Crippen LogP contribution in [0.3, 0.4) is 0 Å². The van der Waals surface area contributed by atoms with Crippen molar-refractivity contribution in [3.63, 3.8) is 0 Å². The van der Waals surface area contributed by atoms with Gasteiger partial charge in [0.15, 0.2) is 0 Å². The van der Waals surface area contributed by atoms with Crippen molar-refractivity contribution in [3.05, 3.63) is 0 Å². The van der Waals surface area contributed by atoms with E-state index < -0.39 is 23.0 Å². The summed E-state index contributed by atoms with van der Waals surface area (Å²) in [4.78, 5) is 51.7. The largest absolute Gasteiger partial charge is 0.481 e. The summed E-state index contributed by atoms with van der Waals surface area (Å²) >= 11 is 0. The van der Waals surface area contributed by atoms with Crippen molar-refractivity contribution in [2.24, 2.45) is 17.3 Å². The highest BCUT2D eigenvalue weighted by atomic mass is 16.4. The standard InChI is InChI=1S/C17H23N3O5/c1-16(10-4-5-10)13(22)20(15(25)18-16)8-12(21)19-7-11-3-2-6-17(11,9-19)14(23)24/h10-11H,2-9H2,1H3,(H,18,25)(H,23,24)/t11-,16?,17+/m0/s1. The van der Waals surface area contributed by atoms with Gasteiger partial charge in [0.05, 0.1) is 5.41 Å². The first-order chi connectivity index (χ1) is 11.8. The molecule has 0 radical (unpaired) electrons. The fourth-order valence-electron chi connectivity index (χ4n) is 4.86. The Balaban J connectivity index is 1.45. The Morgan fingerprint density at radius 3 is 2.56 bits per heavy atom. The number of amides is 4. The molecule has 8 heteroatoms. The van der Waals surface area contributed by atoms with Gasteiger partial charge in [0.25, 0.3) is 5.91 Å². The number of urea groups is 1. The van der Waals surface area contributed by atoms with E-state index >= 15 is 0 Å². The summed E-state index contributed by atoms with van der Waals surface area (Å²) in [5, 5.41) is 12.3. The van der Waals surface area contributed by atoms with E-state index in [0.717, 1.165) is 30.6 Å². The summed E-state index contributed by atoms with van der Waals surface area (Å²) in [6.45, 7) is 1.98. The third-order valence-electron chi connectivity index (χ3n) is 6.64. The number of hydrogen-bond acceptors (Lipinski definition) is 4. The number of fused-ring (bicyclic) bond motifs is 1. The van der Waals surface area contributed by atoms with E-state index in [1.807, 2.05) is 0 Å². The quantitative estimate of drug-likeness (QED) is 0.715. The minimum absolute atomic E-state index is 0.0335. The monoisotopic (exact) mass is 349 g/mol. The smallest absolute Gasteiger partial charge is 0.325 e. The number of nitrogens with zero attached hydrogens (tertiary/aromatic N) is 2. The maximum atomic E-state index is 12.6. The lowest BCUT2D eigenvalue weighted by Crippen LogP contribution is -2.47. The molecular formula is C17H23N3O5. The zero-order valence-corrected chi connectivity index (χ0v) is 14.3. The fourth-order valence-corrected chi connectivity index (χ4v) is 4.86. The summed E-state index contributed by atoms with van der Waals surface area (Å²) in [5.74, 6) is -1.43. The lowest BCUT2D eigenvalue weighted by Gasteiger charge is -2.24. The molecule has 2 saturated carbocycles. The number of carboxylic acids is 1. The predicted molar refractivity (Wildman–Crippen MR) is 85.4 cm³/mol. The molecule has 2 saturated heterocycles. The average Bonchev–Trinajstić information content (AvgIpc) is 3.17. The van der Waals surface area contributed by atoms with Crippen LogP contribution in [0.25, 0.3) is 0 Å². The van der Waals surface area contributed by atoms with Gasteiger partial charge in [-0.15, -0.1) is 0 Å². The Morgan fingerprint density at radius 1 is 1.24 bits per heavy atom. The Labute approximate surface area is 145 Å². The predicted octanol–water partition coefficient (Wildman–Crippen LogP) is 0.420. The van der Waals surface area contributed by atoms with E-state index in [4.69, 9.17) is 0 Å². The highest BCUT2D eigenvalue weighted by Crippen LogP contribution is 2.49. The van der Waals surface area contributed by atoms with Crippen LogP contribution in [0.4, 0.5) is 4.79 Å². The topological polar surface area (TPSA) is 107 Å². The number of carbonyl (C=O) groups excluding carboxylic acids is 3. The van der Waals surface area contributed by atoms with Gasteiger partial charge in [-0.2, -0.15) is 0 Å². The molecule has 0 aromatic carbocycles. The Kier molecular flexibility index (Phi) is 3.39. The van der Waals surface area contributed by atoms with Crippen LogP contribution in [0, 0.1) is 17.3 Å². The Morgan fingerprint density at radius 2 is 1.96 bits per heavy atom. The molecule has 25 heavy (non-hydrogen) atoms. The van der Waals surface area contributed by atoms with E-state index in [0.29, 0.717) is 13.0 Å². The first-order valence-corrected chi connectivity index (χ1v) is 8.93. The number of carbonyl (C=O) groups is 4. The van der Waals surface area contributed by atoms with E-state index in [2.05, 4.69) is 5.32 Å². The van der Waals surface area contributed by atoms with Gasteiger partial charge >= 0.3 is 12.0 Å². The molecule has 4 rings (SSSR count). The van der Waals surface area contributed by atoms with E-state index in [1.54, 1.807) is 6.92 Å². The summed E-state index contributed by atoms with van der Waals surface area (Å²) in [6, 6.07) is -0.528. The van der Waals surface area contributed by atoms with Crippen LogP contribution in [-0.4, -0.2) is 63.9 Å². The maximum Gasteiger partial charge on any atom is 0.325 e. The van der Waals surface area contributed by atoms with Crippen LogP contribution in [0.15, 0.2) is 0 Å². The zero-order valence-electron chi connectivity index (χ0n) is 14.3. The number of likely N-dealkylation sites (tertiary alicyclic amines) is 1. The fraction of sp³-hybridized carbons (Fsp3) is 0.765. The first kappa shape index (κ1) is 16.4. The maximum absolute atomic E-state index is 12.6. The van der Waals surface area contributed by atoms with Crippen molar-refractivity contribution in [2.45, 2.75) is 44.6 Å². The van der Waals surface area contributed by atoms with Gasteiger partial charge in [-0.1, -0.05) is 6.42 Å². The molecule has 136 valence electrons. The van der Waals surface area contributed by atoms with Gasteiger partial charge < -0.3 is 15.3 Å². The SMILES string of the molecule is CC1(C2CC2)NC(=O)N(CC(=O)N2C[C@@H]3CCC[C@@]3(C(=O)O)C2)C1=O. The van der Waals surface area contributed by atoms with Crippen molar-refractivity contribution in [3.8, 4) is 0 Å². The van der Waals surface area contributed by atoms with Gasteiger partial charge in [0.1, 0.15) is 12.1 Å². The molecule has 1 unspecified atom stereocenters. The summed E-state index contributed by atoms with van der Waals surface area (Å²) in [5.41, 5.74) is -1.75. The molecule has 2 aliphatic carbocycles. The lowest BCUT2D eigenvalue weighted by atomic mass is 9.81. The van der Waals surface area contributed by atoms with Crippen LogP contribution in [-0.2, 0) is 14.4 Å². The third kappa shape index (κ3) is 2.26. The van der Waals surface area contributed by atoms with Gasteiger partial charge in [-0.3, -0.25) is 19.3 Å². The number of rotatable bonds is 4. The molecule has 0 aromatic rings. The second kappa shape index (κ2) is 5.19. The van der Waals surface area contributed by atoms with Gasteiger partial charge in [-0.05, 0) is 44.4 Å². The highest BCUT2D eigenvalue weighted by molar-refractivity contribution is 6.09. The van der Waals surface area contributed by atoms with Crippen molar-refractivity contribution in [1.29, 1.82) is 0 Å². The van der Waals surface area contributed by atoms with E-state index in [9.17, 15) is 24.3 Å². The summed E-state index contributed by atoms with van der Waals surface area (Å²) < 4.78 is 0. The van der Waals surface area contributed by atoms with Crippen molar-refractivity contribution >= 4 is 23.8 Å². The minimum Gasteiger partial charge on any atom is -0.481 e. The second-order valence-corrected chi connectivity index (χ2v) is 8.12. The van der Waals surface area contributed by atoms with E-state index in [1.165, 1.54) is 4.90 Å². The van der Waals surface area contributed by atoms with Crippen molar-refractivity contribution in [2.75, 3.05) is 19.6 Å². The summed E-state index contributed by atoms with van der Waals surface area (Å²) in [6.07, 6.45) is 4.06. The molecule has 0 aromatic heterocycles. The third-order valence-corrected chi connectivity index (χ3v) is 6.64. The van der Waals surface area contributed by atoms with Crippen LogP contribution in [0.2, 0.25) is 0 Å². The number of nitrogens with one attached hydrogen (secondary N) is 1. The molecule has 8 nitrogen and oxygen atoms in total. The minimum atomic E-state index is -0.902. The van der Waals surface area contributed by atoms with E-state index in [-0.39, 0.29) is 36.7 Å². The lowest BCUT2D eigenvalue weighted by molar-refractivity contribution is -0.150. The Hall–Kier alpha value is -2.12. The number of aliphatic carboxylic acids is 1. The van der Waals surface area contributed by atoms with Crippen LogP contribution >= 0.6 is 0 Å². The molecule has 4 fully saturated rings. The molecule has 2 aliphatic heterocycles. The molecule has 2 N–H and O–H groups in total. The van der Waals surface area contributed by atoms with Gasteiger partial charge in [0, 0.05) is 13.1 Å². The van der Waals surface area contributed by atoms with Crippen molar-refractivity contribution in [1.82, 2.24) is 15.1 Å². The van der Waals surface area contributed by atoms with Crippen LogP contribution in [0.5, 0.6) is 0 Å². The Bertz CT molecular complexity index is 675. The van der Waals surface area contributed by atoms with Crippen molar-refractivity contribution < 1.29 is 24.3 Å². The molecule has 0 spiro atoms. The highest BCUT2D eigenvalue weighted by Gasteiger charge is 2.58. The summed E-state index contributed by atoms with van der Waals surface area (Å²) in [7, 11) is 0. The van der Waals surface area contributed by atoms with Crippen LogP contribution in [0.1, 0.15) is 39.0 Å². The zero-order chi connectivity index (χ0) is 18.0. The molecule has 0 bridgehead atoms. The average molecular weight is 349 g/mol. The van der Waals surface area contributed by atoms with Gasteiger partial charge in [-0.25, -0.2) is 4.79 Å². The molecule has 2 heterocycles. The second-order valence-electron chi connectivity index (χ2n) is 8.12. The van der Waals surface area contributed by atoms with Crippen LogP contribution < -0.4 is 5.32 Å². The molecule has 4 amide bonds. The number of carboxylic acid groups (broad SMARTS) is 1. The number of imide groups is 1. The molecular weight excluding hydrogens is 326 g/mol. The first-order valence-electron chi connectivity index (χ1n) is 8.93. The number of hydrogen-bond donors (Lipinski definition) is 2.